The third-order valence-electron chi connectivity index (χ3n) is 8.49. The molecule has 3 aliphatic rings. The number of rotatable bonds is 6. The Bertz CT molecular complexity index is 1260. The van der Waals surface area contributed by atoms with Crippen LogP contribution in [-0.2, 0) is 5.54 Å². The molecule has 9 nitrogen and oxygen atoms in total. The highest BCUT2D eigenvalue weighted by molar-refractivity contribution is 5.99. The number of nitrogens with zero attached hydrogens (tertiary/aromatic N) is 7. The Kier molecular flexibility index (Phi) is 5.82. The predicted octanol–water partition coefficient (Wildman–Crippen LogP) is 3.85. The Labute approximate surface area is 212 Å². The molecule has 0 radical (unpaired) electrons. The smallest absolute Gasteiger partial charge is 0.270 e. The van der Waals surface area contributed by atoms with Gasteiger partial charge in [0.25, 0.3) is 5.91 Å². The predicted molar refractivity (Wildman–Crippen MR) is 142 cm³/mol. The van der Waals surface area contributed by atoms with Gasteiger partial charge in [-0.3, -0.25) is 9.69 Å². The van der Waals surface area contributed by atoms with E-state index in [0.29, 0.717) is 12.0 Å². The summed E-state index contributed by atoms with van der Waals surface area (Å²) >= 11 is 0. The number of carbonyl (C=O) groups is 1. The lowest BCUT2D eigenvalue weighted by Gasteiger charge is -2.41. The standard InChI is InChI=1S/C27H36N8O/c1-4-33(5-2)21-10-13-34(17-21)20-8-9-23(28-16-20)30-26-29-15-19-14-22-25(36)32(3)18-27(11-6-7-12-27)35(22)24(19)31-26/h8-9,14-16,21H,4-7,10-13,17-18H2,1-3H3,(H,28,29,30,31). The molecule has 36 heavy (non-hydrogen) atoms. The zero-order chi connectivity index (χ0) is 24.9. The van der Waals surface area contributed by atoms with Crippen LogP contribution in [0, 0.1) is 0 Å². The highest BCUT2D eigenvalue weighted by atomic mass is 16.2. The molecule has 1 spiro atoms. The normalized spacial score (nSPS) is 21.2. The van der Waals surface area contributed by atoms with Crippen molar-refractivity contribution in [2.24, 2.45) is 0 Å². The number of aromatic nitrogens is 4. The Morgan fingerprint density at radius 3 is 2.67 bits per heavy atom. The zero-order valence-corrected chi connectivity index (χ0v) is 21.6. The van der Waals surface area contributed by atoms with E-state index in [1.165, 1.54) is 19.3 Å². The molecular formula is C27H36N8O. The number of fused-ring (bicyclic) bond motifs is 4. The summed E-state index contributed by atoms with van der Waals surface area (Å²) in [7, 11) is 1.91. The van der Waals surface area contributed by atoms with Gasteiger partial charge in [0.15, 0.2) is 0 Å². The Hall–Kier alpha value is -3.20. The lowest BCUT2D eigenvalue weighted by Crippen LogP contribution is -2.50. The summed E-state index contributed by atoms with van der Waals surface area (Å²) in [4.78, 5) is 33.9. The van der Waals surface area contributed by atoms with Crippen molar-refractivity contribution in [2.45, 2.75) is 57.5 Å². The topological polar surface area (TPSA) is 82.4 Å². The largest absolute Gasteiger partial charge is 0.369 e. The number of likely N-dealkylation sites (N-methyl/N-ethyl adjacent to an activating group) is 2. The minimum Gasteiger partial charge on any atom is -0.369 e. The third-order valence-corrected chi connectivity index (χ3v) is 8.49. The molecular weight excluding hydrogens is 452 g/mol. The van der Waals surface area contributed by atoms with Gasteiger partial charge in [0.2, 0.25) is 5.95 Å². The summed E-state index contributed by atoms with van der Waals surface area (Å²) in [6.45, 7) is 9.51. The van der Waals surface area contributed by atoms with E-state index in [2.05, 4.69) is 49.6 Å². The molecule has 1 saturated heterocycles. The zero-order valence-electron chi connectivity index (χ0n) is 21.6. The molecule has 2 fully saturated rings. The number of carbonyl (C=O) groups excluding carboxylic acids is 1. The maximum Gasteiger partial charge on any atom is 0.270 e. The van der Waals surface area contributed by atoms with Crippen LogP contribution in [0.2, 0.25) is 0 Å². The second kappa shape index (κ2) is 9.03. The van der Waals surface area contributed by atoms with Crippen LogP contribution in [0.5, 0.6) is 0 Å². The first kappa shape index (κ1) is 23.2. The molecule has 3 aromatic rings. The summed E-state index contributed by atoms with van der Waals surface area (Å²) in [5, 5.41) is 4.19. The first-order chi connectivity index (χ1) is 17.5. The number of pyridine rings is 1. The van der Waals surface area contributed by atoms with E-state index >= 15 is 0 Å². The highest BCUT2D eigenvalue weighted by Crippen LogP contribution is 2.43. The van der Waals surface area contributed by atoms with Crippen molar-refractivity contribution in [3.63, 3.8) is 0 Å². The summed E-state index contributed by atoms with van der Waals surface area (Å²) in [6.07, 6.45) is 9.45. The fraction of sp³-hybridized carbons (Fsp3) is 0.556. The van der Waals surface area contributed by atoms with E-state index in [0.717, 1.165) is 73.8 Å². The molecule has 2 aliphatic heterocycles. The molecule has 1 atom stereocenters. The van der Waals surface area contributed by atoms with Crippen LogP contribution in [0.3, 0.4) is 0 Å². The van der Waals surface area contributed by atoms with Gasteiger partial charge in [-0.1, -0.05) is 26.7 Å². The van der Waals surface area contributed by atoms with Crippen LogP contribution < -0.4 is 10.2 Å². The molecule has 1 amide bonds. The molecule has 9 heteroatoms. The minimum absolute atomic E-state index is 0.0578. The molecule has 1 unspecified atom stereocenters. The van der Waals surface area contributed by atoms with Crippen LogP contribution >= 0.6 is 0 Å². The molecule has 0 bridgehead atoms. The highest BCUT2D eigenvalue weighted by Gasteiger charge is 2.45. The average Bonchev–Trinajstić information content (AvgIpc) is 3.63. The van der Waals surface area contributed by atoms with Crippen LogP contribution in [0.25, 0.3) is 11.0 Å². The van der Waals surface area contributed by atoms with E-state index in [1.54, 1.807) is 0 Å². The lowest BCUT2D eigenvalue weighted by molar-refractivity contribution is 0.0626. The molecule has 3 aromatic heterocycles. The van der Waals surface area contributed by atoms with Crippen LogP contribution in [0.4, 0.5) is 17.5 Å². The summed E-state index contributed by atoms with van der Waals surface area (Å²) in [5.41, 5.74) is 2.65. The molecule has 5 heterocycles. The van der Waals surface area contributed by atoms with Gasteiger partial charge in [0.05, 0.1) is 17.4 Å². The maximum atomic E-state index is 13.0. The van der Waals surface area contributed by atoms with Crippen molar-refractivity contribution in [2.75, 3.05) is 50.0 Å². The molecule has 0 aromatic carbocycles. The van der Waals surface area contributed by atoms with Crippen molar-refractivity contribution < 1.29 is 4.79 Å². The summed E-state index contributed by atoms with van der Waals surface area (Å²) in [6, 6.07) is 6.68. The number of anilines is 3. The Balaban J connectivity index is 1.23. The number of nitrogens with one attached hydrogen (secondary N) is 1. The Morgan fingerprint density at radius 2 is 1.94 bits per heavy atom. The molecule has 190 valence electrons. The second-order valence-electron chi connectivity index (χ2n) is 10.6. The van der Waals surface area contributed by atoms with Crippen molar-refractivity contribution in [1.82, 2.24) is 29.3 Å². The van der Waals surface area contributed by atoms with Gasteiger partial charge in [-0.15, -0.1) is 0 Å². The van der Waals surface area contributed by atoms with Crippen molar-refractivity contribution in [1.29, 1.82) is 0 Å². The van der Waals surface area contributed by atoms with Crippen LogP contribution in [-0.4, -0.2) is 81.0 Å². The van der Waals surface area contributed by atoms with Gasteiger partial charge in [0.1, 0.15) is 17.2 Å². The molecule has 6 rings (SSSR count). The van der Waals surface area contributed by atoms with Gasteiger partial charge < -0.3 is 19.7 Å². The first-order valence-corrected chi connectivity index (χ1v) is 13.4. The van der Waals surface area contributed by atoms with Crippen molar-refractivity contribution >= 4 is 34.4 Å². The van der Waals surface area contributed by atoms with Crippen LogP contribution in [0.1, 0.15) is 56.4 Å². The van der Waals surface area contributed by atoms with Gasteiger partial charge >= 0.3 is 0 Å². The van der Waals surface area contributed by atoms with Gasteiger partial charge in [-0.05, 0) is 50.6 Å². The molecule has 1 saturated carbocycles. The van der Waals surface area contributed by atoms with Gasteiger partial charge in [-0.25, -0.2) is 9.97 Å². The fourth-order valence-corrected chi connectivity index (χ4v) is 6.66. The third kappa shape index (κ3) is 3.80. The number of amides is 1. The second-order valence-corrected chi connectivity index (χ2v) is 10.6. The molecule has 1 N–H and O–H groups in total. The SMILES string of the molecule is CCN(CC)C1CCN(c2ccc(Nc3ncc4cc5n(c4n3)C3(CCCC3)CN(C)C5=O)nc2)C1. The van der Waals surface area contributed by atoms with E-state index in [-0.39, 0.29) is 11.4 Å². The van der Waals surface area contributed by atoms with E-state index in [4.69, 9.17) is 4.98 Å². The van der Waals surface area contributed by atoms with Gasteiger partial charge in [-0.2, -0.15) is 4.98 Å². The average molecular weight is 489 g/mol. The summed E-state index contributed by atoms with van der Waals surface area (Å²) in [5.74, 6) is 1.28. The van der Waals surface area contributed by atoms with Gasteiger partial charge in [0, 0.05) is 44.3 Å². The van der Waals surface area contributed by atoms with E-state index in [9.17, 15) is 4.79 Å². The van der Waals surface area contributed by atoms with Crippen molar-refractivity contribution in [3.8, 4) is 0 Å². The summed E-state index contributed by atoms with van der Waals surface area (Å²) < 4.78 is 2.21. The fourth-order valence-electron chi connectivity index (χ4n) is 6.66. The maximum absolute atomic E-state index is 13.0. The first-order valence-electron chi connectivity index (χ1n) is 13.4. The monoisotopic (exact) mass is 488 g/mol. The van der Waals surface area contributed by atoms with Crippen LogP contribution in [0.15, 0.2) is 30.6 Å². The number of hydrogen-bond donors (Lipinski definition) is 1. The van der Waals surface area contributed by atoms with E-state index < -0.39 is 0 Å². The molecule has 1 aliphatic carbocycles. The quantitative estimate of drug-likeness (QED) is 0.564. The lowest BCUT2D eigenvalue weighted by atomic mass is 9.93. The van der Waals surface area contributed by atoms with E-state index in [1.807, 2.05) is 36.5 Å². The van der Waals surface area contributed by atoms with Crippen molar-refractivity contribution in [3.05, 3.63) is 36.3 Å². The number of hydrogen-bond acceptors (Lipinski definition) is 7. The minimum atomic E-state index is -0.0655. The Morgan fingerprint density at radius 1 is 1.14 bits per heavy atom.